The molecule has 1 aromatic carbocycles. The zero-order chi connectivity index (χ0) is 14.4. The van der Waals surface area contributed by atoms with E-state index in [0.29, 0.717) is 6.04 Å². The van der Waals surface area contributed by atoms with Crippen LogP contribution in [0.2, 0.25) is 0 Å². The summed E-state index contributed by atoms with van der Waals surface area (Å²) in [6.07, 6.45) is 6.98. The summed E-state index contributed by atoms with van der Waals surface area (Å²) in [6, 6.07) is 10.6. The van der Waals surface area contributed by atoms with Crippen molar-refractivity contribution in [3.8, 4) is 0 Å². The molecule has 0 aliphatic carbocycles. The van der Waals surface area contributed by atoms with Crippen molar-refractivity contribution in [2.24, 2.45) is 0 Å². The molecule has 1 fully saturated rings. The molecule has 1 unspecified atom stereocenters. The number of unbranched alkanes of at least 4 members (excludes halogenated alkanes) is 3. The van der Waals surface area contributed by atoms with Crippen LogP contribution >= 0.6 is 0 Å². The zero-order valence-corrected chi connectivity index (χ0v) is 12.5. The SMILES string of the molecule is C=C1CC(CCCCCC)N(Cc2ccccc2)C1=O. The van der Waals surface area contributed by atoms with Crippen molar-refractivity contribution in [3.05, 3.63) is 48.0 Å². The fourth-order valence-corrected chi connectivity index (χ4v) is 2.90. The average Bonchev–Trinajstić information content (AvgIpc) is 2.73. The van der Waals surface area contributed by atoms with E-state index >= 15 is 0 Å². The normalized spacial score (nSPS) is 18.9. The van der Waals surface area contributed by atoms with Crippen LogP contribution in [0.4, 0.5) is 0 Å². The minimum absolute atomic E-state index is 0.148. The minimum atomic E-state index is 0.148. The van der Waals surface area contributed by atoms with Gasteiger partial charge in [-0.15, -0.1) is 0 Å². The van der Waals surface area contributed by atoms with Crippen LogP contribution in [0.15, 0.2) is 42.5 Å². The molecule has 1 aromatic rings. The Balaban J connectivity index is 1.95. The smallest absolute Gasteiger partial charge is 0.249 e. The molecule has 1 aliphatic rings. The molecule has 2 heteroatoms. The third-order valence-electron chi connectivity index (χ3n) is 4.07. The summed E-state index contributed by atoms with van der Waals surface area (Å²) < 4.78 is 0. The molecule has 2 rings (SSSR count). The lowest BCUT2D eigenvalue weighted by atomic mass is 10.0. The number of benzene rings is 1. The van der Waals surface area contributed by atoms with Crippen molar-refractivity contribution < 1.29 is 4.79 Å². The number of likely N-dealkylation sites (tertiary alicyclic amines) is 1. The fraction of sp³-hybridized carbons (Fsp3) is 0.500. The van der Waals surface area contributed by atoms with E-state index in [1.54, 1.807) is 0 Å². The standard InChI is InChI=1S/C18H25NO/c1-3-4-5-9-12-17-13-15(2)18(20)19(17)14-16-10-7-6-8-11-16/h6-8,10-11,17H,2-5,9,12-14H2,1H3. The van der Waals surface area contributed by atoms with Gasteiger partial charge >= 0.3 is 0 Å². The van der Waals surface area contributed by atoms with E-state index in [-0.39, 0.29) is 5.91 Å². The van der Waals surface area contributed by atoms with Crippen LogP contribution < -0.4 is 0 Å². The highest BCUT2D eigenvalue weighted by molar-refractivity contribution is 5.95. The maximum absolute atomic E-state index is 12.2. The Bertz CT molecular complexity index is 452. The van der Waals surface area contributed by atoms with Crippen LogP contribution in [-0.4, -0.2) is 16.8 Å². The lowest BCUT2D eigenvalue weighted by Crippen LogP contribution is -2.32. The molecular formula is C18H25NO. The molecule has 0 aromatic heterocycles. The second-order valence-corrected chi connectivity index (χ2v) is 5.73. The molecule has 0 N–H and O–H groups in total. The quantitative estimate of drug-likeness (QED) is 0.534. The summed E-state index contributed by atoms with van der Waals surface area (Å²) >= 11 is 0. The maximum Gasteiger partial charge on any atom is 0.249 e. The van der Waals surface area contributed by atoms with Gasteiger partial charge in [0.15, 0.2) is 0 Å². The van der Waals surface area contributed by atoms with Gasteiger partial charge in [-0.05, 0) is 18.4 Å². The zero-order valence-electron chi connectivity index (χ0n) is 12.5. The Labute approximate surface area is 122 Å². The lowest BCUT2D eigenvalue weighted by Gasteiger charge is -2.24. The number of amides is 1. The maximum atomic E-state index is 12.2. The fourth-order valence-electron chi connectivity index (χ4n) is 2.90. The summed E-state index contributed by atoms with van der Waals surface area (Å²) in [5, 5.41) is 0. The number of carbonyl (C=O) groups excluding carboxylic acids is 1. The van der Waals surface area contributed by atoms with Crippen LogP contribution in [0.25, 0.3) is 0 Å². The van der Waals surface area contributed by atoms with E-state index < -0.39 is 0 Å². The highest BCUT2D eigenvalue weighted by Gasteiger charge is 2.33. The molecule has 0 saturated carbocycles. The Morgan fingerprint density at radius 3 is 2.65 bits per heavy atom. The summed E-state index contributed by atoms with van der Waals surface area (Å²) in [4.78, 5) is 14.3. The van der Waals surface area contributed by atoms with Gasteiger partial charge in [-0.1, -0.05) is 69.5 Å². The average molecular weight is 271 g/mol. The summed E-state index contributed by atoms with van der Waals surface area (Å²) in [5.41, 5.74) is 1.98. The van der Waals surface area contributed by atoms with Crippen LogP contribution in [0.1, 0.15) is 51.0 Å². The molecule has 0 radical (unpaired) electrons. The Morgan fingerprint density at radius 1 is 1.20 bits per heavy atom. The summed E-state index contributed by atoms with van der Waals surface area (Å²) in [6.45, 7) is 6.87. The third-order valence-corrected chi connectivity index (χ3v) is 4.07. The van der Waals surface area contributed by atoms with Gasteiger partial charge in [-0.2, -0.15) is 0 Å². The van der Waals surface area contributed by atoms with Gasteiger partial charge in [0.1, 0.15) is 0 Å². The van der Waals surface area contributed by atoms with E-state index in [2.05, 4.69) is 25.6 Å². The van der Waals surface area contributed by atoms with Crippen molar-refractivity contribution >= 4 is 5.91 Å². The van der Waals surface area contributed by atoms with Crippen molar-refractivity contribution in [2.45, 2.75) is 58.0 Å². The topological polar surface area (TPSA) is 20.3 Å². The molecule has 1 saturated heterocycles. The van der Waals surface area contributed by atoms with Gasteiger partial charge in [0.2, 0.25) is 5.91 Å². The second-order valence-electron chi connectivity index (χ2n) is 5.73. The number of carbonyl (C=O) groups is 1. The van der Waals surface area contributed by atoms with E-state index in [1.807, 2.05) is 23.1 Å². The van der Waals surface area contributed by atoms with Gasteiger partial charge in [0, 0.05) is 18.2 Å². The number of hydrogen-bond acceptors (Lipinski definition) is 1. The Hall–Kier alpha value is -1.57. The molecule has 1 heterocycles. The van der Waals surface area contributed by atoms with Gasteiger partial charge in [0.05, 0.1) is 0 Å². The largest absolute Gasteiger partial charge is 0.331 e. The predicted molar refractivity (Wildman–Crippen MR) is 83.3 cm³/mol. The molecular weight excluding hydrogens is 246 g/mol. The second kappa shape index (κ2) is 7.28. The highest BCUT2D eigenvalue weighted by atomic mass is 16.2. The van der Waals surface area contributed by atoms with Crippen molar-refractivity contribution in [3.63, 3.8) is 0 Å². The first-order valence-electron chi connectivity index (χ1n) is 7.75. The van der Waals surface area contributed by atoms with Crippen molar-refractivity contribution in [1.29, 1.82) is 0 Å². The van der Waals surface area contributed by atoms with Gasteiger partial charge in [0.25, 0.3) is 0 Å². The van der Waals surface area contributed by atoms with Crippen LogP contribution in [0, 0.1) is 0 Å². The van der Waals surface area contributed by atoms with Gasteiger partial charge in [-0.25, -0.2) is 0 Å². The lowest BCUT2D eigenvalue weighted by molar-refractivity contribution is -0.126. The summed E-state index contributed by atoms with van der Waals surface area (Å²) in [5.74, 6) is 0.148. The first-order valence-corrected chi connectivity index (χ1v) is 7.75. The van der Waals surface area contributed by atoms with E-state index in [9.17, 15) is 4.79 Å². The molecule has 0 spiro atoms. The van der Waals surface area contributed by atoms with Crippen LogP contribution in [-0.2, 0) is 11.3 Å². The molecule has 0 bridgehead atoms. The van der Waals surface area contributed by atoms with Crippen molar-refractivity contribution in [1.82, 2.24) is 4.90 Å². The van der Waals surface area contributed by atoms with E-state index in [4.69, 9.17) is 0 Å². The monoisotopic (exact) mass is 271 g/mol. The van der Waals surface area contributed by atoms with E-state index in [1.165, 1.54) is 31.2 Å². The van der Waals surface area contributed by atoms with Gasteiger partial charge in [-0.3, -0.25) is 4.79 Å². The molecule has 1 atom stereocenters. The first-order chi connectivity index (χ1) is 9.72. The first kappa shape index (κ1) is 14.8. The number of nitrogens with zero attached hydrogens (tertiary/aromatic N) is 1. The van der Waals surface area contributed by atoms with Gasteiger partial charge < -0.3 is 4.90 Å². The molecule has 1 aliphatic heterocycles. The third kappa shape index (κ3) is 3.72. The summed E-state index contributed by atoms with van der Waals surface area (Å²) in [7, 11) is 0. The molecule has 2 nitrogen and oxygen atoms in total. The predicted octanol–water partition coefficient (Wildman–Crippen LogP) is 4.31. The van der Waals surface area contributed by atoms with Crippen LogP contribution in [0.3, 0.4) is 0 Å². The van der Waals surface area contributed by atoms with Crippen molar-refractivity contribution in [2.75, 3.05) is 0 Å². The molecule has 20 heavy (non-hydrogen) atoms. The Morgan fingerprint density at radius 2 is 1.95 bits per heavy atom. The number of rotatable bonds is 7. The minimum Gasteiger partial charge on any atom is -0.331 e. The highest BCUT2D eigenvalue weighted by Crippen LogP contribution is 2.28. The molecule has 1 amide bonds. The van der Waals surface area contributed by atoms with Crippen LogP contribution in [0.5, 0.6) is 0 Å². The molecule has 108 valence electrons. The van der Waals surface area contributed by atoms with E-state index in [0.717, 1.165) is 25.0 Å². The number of hydrogen-bond donors (Lipinski definition) is 0. The Kier molecular flexibility index (Phi) is 5.40.